The Morgan fingerprint density at radius 2 is 1.54 bits per heavy atom. The normalized spacial score (nSPS) is 19.3. The molecule has 1 aromatic heterocycles. The van der Waals surface area contributed by atoms with Crippen molar-refractivity contribution in [3.05, 3.63) is 42.1 Å². The van der Waals surface area contributed by atoms with Crippen LogP contribution < -0.4 is 10.2 Å². The zero-order valence-electron chi connectivity index (χ0n) is 31.6. The van der Waals surface area contributed by atoms with E-state index in [1.54, 1.807) is 31.2 Å². The Morgan fingerprint density at radius 1 is 0.893 bits per heavy atom. The quantitative estimate of drug-likeness (QED) is 0.0847. The molecule has 3 aliphatic rings. The van der Waals surface area contributed by atoms with Gasteiger partial charge in [-0.1, -0.05) is 48.2 Å². The maximum Gasteiger partial charge on any atom is 0.518 e. The van der Waals surface area contributed by atoms with Crippen molar-refractivity contribution in [2.45, 2.75) is 59.2 Å². The SMILES string of the molecule is CCCCOC(=O)N1CCN(C(=O)[C@H](C[P+](=O)OC(OC(C)=O)OC(C)=O)NC(=O)c2cc(N3C[C@@H]4C(OC(=O)OCC)[C@@H]4C3)nc(-c3ccccc3)n2)CC1. The van der Waals surface area contributed by atoms with Gasteiger partial charge in [-0.05, 0) is 17.9 Å². The maximum atomic E-state index is 14.1. The number of carbonyl (C=O) groups is 6. The summed E-state index contributed by atoms with van der Waals surface area (Å²) in [5, 5.41) is 2.64. The molecule has 2 aromatic rings. The fraction of sp³-hybridized carbons (Fsp3) is 0.556. The van der Waals surface area contributed by atoms with E-state index in [2.05, 4.69) is 10.3 Å². The second-order valence-corrected chi connectivity index (χ2v) is 14.5. The summed E-state index contributed by atoms with van der Waals surface area (Å²) in [5.41, 5.74) is 0.522. The van der Waals surface area contributed by atoms with Crippen molar-refractivity contribution in [3.63, 3.8) is 0 Å². The molecule has 3 fully saturated rings. The molecule has 5 atom stereocenters. The summed E-state index contributed by atoms with van der Waals surface area (Å²) in [6.45, 7) is 5.69. The molecule has 2 aliphatic heterocycles. The summed E-state index contributed by atoms with van der Waals surface area (Å²) in [6, 6.07) is 8.98. The minimum absolute atomic E-state index is 0.0478. The summed E-state index contributed by atoms with van der Waals surface area (Å²) in [5.74, 6) is -2.46. The van der Waals surface area contributed by atoms with Gasteiger partial charge in [0.1, 0.15) is 17.6 Å². The average Bonchev–Trinajstić information content (AvgIpc) is 3.58. The second kappa shape index (κ2) is 19.4. The number of aromatic nitrogens is 2. The van der Waals surface area contributed by atoms with Crippen molar-refractivity contribution in [3.8, 4) is 11.4 Å². The number of rotatable bonds is 16. The van der Waals surface area contributed by atoms with E-state index in [1.807, 2.05) is 17.9 Å². The number of benzene rings is 1. The number of hydrogen-bond donors (Lipinski definition) is 1. The third-order valence-electron chi connectivity index (χ3n) is 9.15. The summed E-state index contributed by atoms with van der Waals surface area (Å²) in [6.07, 6.45) is -0.543. The predicted octanol–water partition coefficient (Wildman–Crippen LogP) is 3.10. The zero-order chi connectivity index (χ0) is 40.4. The van der Waals surface area contributed by atoms with Crippen molar-refractivity contribution >= 4 is 49.8 Å². The van der Waals surface area contributed by atoms with Crippen molar-refractivity contribution in [1.82, 2.24) is 25.1 Å². The molecule has 3 amide bonds. The lowest BCUT2D eigenvalue weighted by atomic mass is 10.2. The monoisotopic (exact) mass is 801 g/mol. The standard InChI is InChI=1S/C36H45N6O13P/c1-5-7-17-51-34(47)41-15-13-40(14-16-41)33(46)28(21-56(49)55-36(52-22(3)43)53-23(4)44)38-32(45)27-18-29(39-31(37-27)24-11-9-8-10-12-24)42-19-25-26(20-42)30(25)54-35(48)50-6-2/h8-12,18,25-26,28,30,36H,5-7,13-17,19-21H2,1-4H3/p+1/t25-,26+,28-,30?/m0/s1. The maximum absolute atomic E-state index is 14.1. The molecule has 0 radical (unpaired) electrons. The molecule has 302 valence electrons. The summed E-state index contributed by atoms with van der Waals surface area (Å²) in [7, 11) is -2.91. The lowest BCUT2D eigenvalue weighted by Gasteiger charge is -2.35. The number of piperidine rings is 1. The van der Waals surface area contributed by atoms with Crippen LogP contribution in [0.2, 0.25) is 0 Å². The van der Waals surface area contributed by atoms with Gasteiger partial charge in [0.15, 0.2) is 11.9 Å². The lowest BCUT2D eigenvalue weighted by molar-refractivity contribution is -0.231. The van der Waals surface area contributed by atoms with Crippen molar-refractivity contribution in [1.29, 1.82) is 0 Å². The molecular formula is C36H46N6O13P+. The number of amides is 3. The number of carbonyl (C=O) groups excluding carboxylic acids is 6. The number of nitrogens with zero attached hydrogens (tertiary/aromatic N) is 5. The van der Waals surface area contributed by atoms with Gasteiger partial charge in [0.2, 0.25) is 12.1 Å². The lowest BCUT2D eigenvalue weighted by Crippen LogP contribution is -2.56. The van der Waals surface area contributed by atoms with Crippen LogP contribution in [0, 0.1) is 11.8 Å². The number of esters is 2. The van der Waals surface area contributed by atoms with Crippen molar-refractivity contribution in [2.24, 2.45) is 11.8 Å². The molecule has 20 heteroatoms. The van der Waals surface area contributed by atoms with Crippen LogP contribution in [0.5, 0.6) is 0 Å². The number of ether oxygens (including phenoxy) is 5. The molecular weight excluding hydrogens is 755 g/mol. The van der Waals surface area contributed by atoms with E-state index in [0.717, 1.165) is 20.3 Å². The Labute approximate surface area is 324 Å². The van der Waals surface area contributed by atoms with Gasteiger partial charge in [-0.15, -0.1) is 0 Å². The number of hydrogen-bond acceptors (Lipinski definition) is 16. The first-order valence-corrected chi connectivity index (χ1v) is 19.7. The van der Waals surface area contributed by atoms with Gasteiger partial charge in [-0.25, -0.2) is 19.6 Å². The van der Waals surface area contributed by atoms with Crippen molar-refractivity contribution in [2.75, 3.05) is 63.5 Å². The smallest absolute Gasteiger partial charge is 0.449 e. The molecule has 56 heavy (non-hydrogen) atoms. The first kappa shape index (κ1) is 41.7. The fourth-order valence-electron chi connectivity index (χ4n) is 6.29. The highest BCUT2D eigenvalue weighted by molar-refractivity contribution is 7.39. The van der Waals surface area contributed by atoms with Crippen LogP contribution in [0.25, 0.3) is 11.4 Å². The molecule has 1 saturated carbocycles. The minimum Gasteiger partial charge on any atom is -0.449 e. The predicted molar refractivity (Wildman–Crippen MR) is 195 cm³/mol. The van der Waals surface area contributed by atoms with Gasteiger partial charge in [0.25, 0.3) is 5.91 Å². The number of fused-ring (bicyclic) bond motifs is 1. The highest BCUT2D eigenvalue weighted by Crippen LogP contribution is 2.49. The Hall–Kier alpha value is -5.42. The van der Waals surface area contributed by atoms with Crippen LogP contribution in [0.1, 0.15) is 51.0 Å². The molecule has 1 aromatic carbocycles. The molecule has 0 bridgehead atoms. The number of nitrogens with one attached hydrogen (secondary N) is 1. The van der Waals surface area contributed by atoms with Crippen LogP contribution in [-0.2, 0) is 47.2 Å². The minimum atomic E-state index is -2.91. The van der Waals surface area contributed by atoms with Gasteiger partial charge in [0.05, 0.1) is 13.2 Å². The molecule has 19 nitrogen and oxygen atoms in total. The van der Waals surface area contributed by atoms with E-state index in [0.29, 0.717) is 30.9 Å². The molecule has 3 heterocycles. The Balaban J connectivity index is 1.35. The van der Waals surface area contributed by atoms with Gasteiger partial charge < -0.3 is 43.7 Å². The Morgan fingerprint density at radius 3 is 2.14 bits per heavy atom. The average molecular weight is 802 g/mol. The van der Waals surface area contributed by atoms with Crippen LogP contribution in [0.4, 0.5) is 15.4 Å². The highest BCUT2D eigenvalue weighted by atomic mass is 31.1. The number of unbranched alkanes of at least 4 members (excludes halogenated alkanes) is 1. The Bertz CT molecular complexity index is 1750. The first-order chi connectivity index (χ1) is 26.9. The zero-order valence-corrected chi connectivity index (χ0v) is 32.5. The van der Waals surface area contributed by atoms with Crippen LogP contribution >= 0.6 is 8.03 Å². The summed E-state index contributed by atoms with van der Waals surface area (Å²) < 4.78 is 43.8. The third-order valence-corrected chi connectivity index (χ3v) is 10.2. The molecule has 1 aliphatic carbocycles. The Kier molecular flexibility index (Phi) is 14.5. The van der Waals surface area contributed by atoms with Crippen LogP contribution in [-0.4, -0.2) is 133 Å². The van der Waals surface area contributed by atoms with Crippen LogP contribution in [0.15, 0.2) is 36.4 Å². The van der Waals surface area contributed by atoms with E-state index in [-0.39, 0.29) is 68.9 Å². The molecule has 0 spiro atoms. The van der Waals surface area contributed by atoms with E-state index < -0.39 is 62.7 Å². The van der Waals surface area contributed by atoms with Gasteiger partial charge in [0, 0.05) is 76.6 Å². The molecule has 5 rings (SSSR count). The highest BCUT2D eigenvalue weighted by Gasteiger charge is 2.59. The van der Waals surface area contributed by atoms with Gasteiger partial charge >= 0.3 is 38.7 Å². The van der Waals surface area contributed by atoms with Gasteiger partial charge in [-0.2, -0.15) is 0 Å². The van der Waals surface area contributed by atoms with E-state index >= 15 is 0 Å². The van der Waals surface area contributed by atoms with Crippen molar-refractivity contribution < 1.29 is 61.5 Å². The van der Waals surface area contributed by atoms with E-state index in [4.69, 9.17) is 33.2 Å². The van der Waals surface area contributed by atoms with E-state index in [9.17, 15) is 33.3 Å². The molecule has 2 saturated heterocycles. The number of anilines is 1. The van der Waals surface area contributed by atoms with E-state index in [1.165, 1.54) is 15.9 Å². The number of piperazine rings is 1. The molecule has 1 N–H and O–H groups in total. The topological polar surface area (TPSA) is 222 Å². The van der Waals surface area contributed by atoms with Crippen LogP contribution in [0.3, 0.4) is 0 Å². The largest absolute Gasteiger partial charge is 0.518 e. The first-order valence-electron chi connectivity index (χ1n) is 18.4. The summed E-state index contributed by atoms with van der Waals surface area (Å²) >= 11 is 0. The summed E-state index contributed by atoms with van der Waals surface area (Å²) in [4.78, 5) is 89.7. The van der Waals surface area contributed by atoms with Gasteiger partial charge in [-0.3, -0.25) is 19.2 Å². The molecule has 2 unspecified atom stereocenters. The fourth-order valence-corrected chi connectivity index (χ4v) is 7.20. The second-order valence-electron chi connectivity index (χ2n) is 13.2. The third kappa shape index (κ3) is 11.3.